The molecular formula is C10H7BO3. The number of rotatable bonds is 1. The molecule has 4 heteroatoms. The van der Waals surface area contributed by atoms with Gasteiger partial charge in [0.05, 0.1) is 6.26 Å². The van der Waals surface area contributed by atoms with Crippen molar-refractivity contribution in [2.45, 2.75) is 0 Å². The Hall–Kier alpha value is -1.84. The summed E-state index contributed by atoms with van der Waals surface area (Å²) in [5.74, 6) is 1.52. The summed E-state index contributed by atoms with van der Waals surface area (Å²) in [6.45, 7) is 0. The van der Waals surface area contributed by atoms with Crippen molar-refractivity contribution in [1.29, 1.82) is 0 Å². The first kappa shape index (κ1) is 7.56. The minimum Gasteiger partial charge on any atom is -0.517 e. The third-order valence-corrected chi connectivity index (χ3v) is 2.09. The second-order valence-electron chi connectivity index (χ2n) is 3.03. The van der Waals surface area contributed by atoms with Crippen LogP contribution in [0.1, 0.15) is 0 Å². The maximum absolute atomic E-state index is 5.54. The van der Waals surface area contributed by atoms with E-state index in [-0.39, 0.29) is 0 Å². The Morgan fingerprint density at radius 2 is 1.57 bits per heavy atom. The Bertz CT molecular complexity index is 413. The Kier molecular flexibility index (Phi) is 1.53. The summed E-state index contributed by atoms with van der Waals surface area (Å²) >= 11 is 0. The molecule has 1 aliphatic heterocycles. The molecule has 0 N–H and O–H groups in total. The summed E-state index contributed by atoms with van der Waals surface area (Å²) in [6.07, 6.45) is 1.60. The van der Waals surface area contributed by atoms with Gasteiger partial charge < -0.3 is 13.7 Å². The first-order valence-corrected chi connectivity index (χ1v) is 4.39. The van der Waals surface area contributed by atoms with Gasteiger partial charge in [-0.2, -0.15) is 0 Å². The molecule has 0 unspecified atom stereocenters. The molecular weight excluding hydrogens is 179 g/mol. The van der Waals surface area contributed by atoms with Crippen LogP contribution in [-0.4, -0.2) is 7.12 Å². The lowest BCUT2D eigenvalue weighted by molar-refractivity contribution is 0.490. The highest BCUT2D eigenvalue weighted by Gasteiger charge is 2.36. The van der Waals surface area contributed by atoms with Crippen LogP contribution in [-0.2, 0) is 0 Å². The molecule has 2 heterocycles. The van der Waals surface area contributed by atoms with E-state index in [9.17, 15) is 0 Å². The second-order valence-corrected chi connectivity index (χ2v) is 3.03. The van der Waals surface area contributed by atoms with Crippen molar-refractivity contribution >= 4 is 12.8 Å². The maximum Gasteiger partial charge on any atom is 0.670 e. The predicted molar refractivity (Wildman–Crippen MR) is 51.8 cm³/mol. The van der Waals surface area contributed by atoms with Crippen molar-refractivity contribution < 1.29 is 13.7 Å². The highest BCUT2D eigenvalue weighted by molar-refractivity contribution is 6.62. The molecule has 1 aliphatic rings. The molecule has 68 valence electrons. The molecule has 0 saturated carbocycles. The van der Waals surface area contributed by atoms with Gasteiger partial charge >= 0.3 is 7.12 Å². The number of para-hydroxylation sites is 2. The van der Waals surface area contributed by atoms with E-state index in [0.717, 1.165) is 11.5 Å². The molecule has 0 bridgehead atoms. The summed E-state index contributed by atoms with van der Waals surface area (Å²) in [4.78, 5) is 0. The predicted octanol–water partition coefficient (Wildman–Crippen LogP) is 1.45. The highest BCUT2D eigenvalue weighted by Crippen LogP contribution is 2.32. The van der Waals surface area contributed by atoms with Gasteiger partial charge in [-0.25, -0.2) is 0 Å². The zero-order chi connectivity index (χ0) is 9.38. The molecule has 2 aromatic rings. The van der Waals surface area contributed by atoms with Crippen molar-refractivity contribution in [2.24, 2.45) is 0 Å². The second kappa shape index (κ2) is 2.84. The van der Waals surface area contributed by atoms with Gasteiger partial charge in [-0.15, -0.1) is 0 Å². The van der Waals surface area contributed by atoms with E-state index in [1.807, 2.05) is 36.4 Å². The Labute approximate surface area is 81.4 Å². The zero-order valence-corrected chi connectivity index (χ0v) is 7.34. The largest absolute Gasteiger partial charge is 0.670 e. The average molecular weight is 186 g/mol. The molecule has 3 nitrogen and oxygen atoms in total. The van der Waals surface area contributed by atoms with Gasteiger partial charge in [0.2, 0.25) is 0 Å². The molecule has 0 fully saturated rings. The van der Waals surface area contributed by atoms with E-state index in [1.54, 1.807) is 6.26 Å². The number of benzene rings is 1. The van der Waals surface area contributed by atoms with Crippen LogP contribution in [0.2, 0.25) is 0 Å². The molecule has 1 aromatic carbocycles. The van der Waals surface area contributed by atoms with Gasteiger partial charge in [0, 0.05) is 0 Å². The molecule has 0 saturated heterocycles. The number of hydrogen-bond donors (Lipinski definition) is 0. The van der Waals surface area contributed by atoms with Crippen LogP contribution in [0.5, 0.6) is 11.5 Å². The summed E-state index contributed by atoms with van der Waals surface area (Å²) in [5, 5.41) is 0. The van der Waals surface area contributed by atoms with Gasteiger partial charge in [-0.3, -0.25) is 0 Å². The van der Waals surface area contributed by atoms with Crippen LogP contribution in [0.25, 0.3) is 0 Å². The van der Waals surface area contributed by atoms with Crippen LogP contribution >= 0.6 is 0 Å². The van der Waals surface area contributed by atoms with E-state index >= 15 is 0 Å². The molecule has 0 radical (unpaired) electrons. The zero-order valence-electron chi connectivity index (χ0n) is 7.34. The van der Waals surface area contributed by atoms with Gasteiger partial charge in [-0.1, -0.05) is 12.1 Å². The lowest BCUT2D eigenvalue weighted by atomic mass is 9.87. The van der Waals surface area contributed by atoms with Crippen molar-refractivity contribution in [3.8, 4) is 11.5 Å². The number of hydrogen-bond acceptors (Lipinski definition) is 3. The first-order valence-electron chi connectivity index (χ1n) is 4.39. The smallest absolute Gasteiger partial charge is 0.517 e. The maximum atomic E-state index is 5.54. The summed E-state index contributed by atoms with van der Waals surface area (Å²) in [5.41, 5.74) is 0.682. The third kappa shape index (κ3) is 1.08. The Morgan fingerprint density at radius 3 is 2.14 bits per heavy atom. The standard InChI is InChI=1S/C10H7BO3/c1-2-5-9-8(4-1)13-11(14-9)10-6-3-7-12-10/h1-7H. The van der Waals surface area contributed by atoms with Gasteiger partial charge in [0.1, 0.15) is 11.5 Å². The van der Waals surface area contributed by atoms with E-state index in [0.29, 0.717) is 5.66 Å². The molecule has 0 amide bonds. The van der Waals surface area contributed by atoms with E-state index < -0.39 is 7.12 Å². The van der Waals surface area contributed by atoms with Gasteiger partial charge in [-0.05, 0) is 24.3 Å². The number of furan rings is 1. The van der Waals surface area contributed by atoms with Crippen LogP contribution < -0.4 is 15.0 Å². The van der Waals surface area contributed by atoms with E-state index in [4.69, 9.17) is 13.7 Å². The lowest BCUT2D eigenvalue weighted by Crippen LogP contribution is -2.37. The molecule has 1 aromatic heterocycles. The molecule has 0 spiro atoms. The molecule has 0 atom stereocenters. The monoisotopic (exact) mass is 186 g/mol. The van der Waals surface area contributed by atoms with E-state index in [2.05, 4.69) is 0 Å². The summed E-state index contributed by atoms with van der Waals surface area (Å²) in [7, 11) is -0.442. The minimum atomic E-state index is -0.442. The fraction of sp³-hybridized carbons (Fsp3) is 0. The van der Waals surface area contributed by atoms with E-state index in [1.165, 1.54) is 0 Å². The molecule has 14 heavy (non-hydrogen) atoms. The molecule has 3 rings (SSSR count). The van der Waals surface area contributed by atoms with Gasteiger partial charge in [0.15, 0.2) is 5.66 Å². The van der Waals surface area contributed by atoms with Crippen LogP contribution in [0.15, 0.2) is 47.1 Å². The minimum absolute atomic E-state index is 0.442. The third-order valence-electron chi connectivity index (χ3n) is 2.09. The summed E-state index contributed by atoms with van der Waals surface area (Å²) in [6, 6.07) is 11.2. The van der Waals surface area contributed by atoms with Crippen LogP contribution in [0, 0.1) is 0 Å². The molecule has 0 aliphatic carbocycles. The van der Waals surface area contributed by atoms with Crippen molar-refractivity contribution in [3.63, 3.8) is 0 Å². The highest BCUT2D eigenvalue weighted by atomic mass is 16.6. The normalized spacial score (nSPS) is 13.3. The van der Waals surface area contributed by atoms with Crippen LogP contribution in [0.3, 0.4) is 0 Å². The van der Waals surface area contributed by atoms with Crippen molar-refractivity contribution in [3.05, 3.63) is 42.7 Å². The topological polar surface area (TPSA) is 31.6 Å². The SMILES string of the molecule is c1coc(B2Oc3ccccc3O2)c1. The van der Waals surface area contributed by atoms with Crippen LogP contribution in [0.4, 0.5) is 0 Å². The number of fused-ring (bicyclic) bond motifs is 1. The lowest BCUT2D eigenvalue weighted by Gasteiger charge is -1.99. The fourth-order valence-corrected chi connectivity index (χ4v) is 1.44. The fourth-order valence-electron chi connectivity index (χ4n) is 1.44. The first-order chi connectivity index (χ1) is 6.93. The van der Waals surface area contributed by atoms with Gasteiger partial charge in [0.25, 0.3) is 0 Å². The van der Waals surface area contributed by atoms with Crippen molar-refractivity contribution in [1.82, 2.24) is 0 Å². The Balaban J connectivity index is 1.92. The average Bonchev–Trinajstić information content (AvgIpc) is 2.86. The quantitative estimate of drug-likeness (QED) is 0.631. The van der Waals surface area contributed by atoms with Crippen molar-refractivity contribution in [2.75, 3.05) is 0 Å². The summed E-state index contributed by atoms with van der Waals surface area (Å²) < 4.78 is 16.3. The Morgan fingerprint density at radius 1 is 0.857 bits per heavy atom.